The first-order valence-corrected chi connectivity index (χ1v) is 11.6. The number of pyridine rings is 1. The second kappa shape index (κ2) is 11.2. The van der Waals surface area contributed by atoms with Gasteiger partial charge in [-0.1, -0.05) is 11.6 Å². The van der Waals surface area contributed by atoms with Gasteiger partial charge in [0.15, 0.2) is 12.4 Å². The molecule has 0 amide bonds. The fraction of sp³-hybridized carbons (Fsp3) is 0.240. The summed E-state index contributed by atoms with van der Waals surface area (Å²) in [6.07, 6.45) is 0.0872. The summed E-state index contributed by atoms with van der Waals surface area (Å²) in [5.41, 5.74) is 0.110. The second-order valence-electron chi connectivity index (χ2n) is 7.90. The number of halogens is 3. The van der Waals surface area contributed by atoms with E-state index in [2.05, 4.69) is 20.9 Å². The lowest BCUT2D eigenvalue weighted by molar-refractivity contribution is -0.139. The monoisotopic (exact) mass is 565 g/mol. The molecule has 1 aromatic heterocycles. The number of benzene rings is 2. The van der Waals surface area contributed by atoms with Gasteiger partial charge < -0.3 is 19.7 Å². The molecule has 184 valence electrons. The van der Waals surface area contributed by atoms with E-state index in [1.54, 1.807) is 19.1 Å². The summed E-state index contributed by atoms with van der Waals surface area (Å²) in [5.74, 6) is -1.19. The first kappa shape index (κ1) is 26.6. The molecule has 0 spiro atoms. The van der Waals surface area contributed by atoms with Crippen LogP contribution in [0.25, 0.3) is 11.3 Å². The lowest BCUT2D eigenvalue weighted by Crippen LogP contribution is -2.24. The normalized spacial score (nSPS) is 12.6. The van der Waals surface area contributed by atoms with Crippen LogP contribution in [0.2, 0.25) is 5.02 Å². The maximum Gasteiger partial charge on any atom is 0.341 e. The number of rotatable bonds is 10. The molecular weight excluding hydrogens is 545 g/mol. The third-order valence-corrected chi connectivity index (χ3v) is 6.18. The van der Waals surface area contributed by atoms with Crippen LogP contribution in [0.15, 0.2) is 53.0 Å². The van der Waals surface area contributed by atoms with Gasteiger partial charge in [-0.05, 0) is 77.8 Å². The largest absolute Gasteiger partial charge is 0.494 e. The first-order chi connectivity index (χ1) is 16.5. The number of Topliss-reactive ketones (excluding diaryl/α,β-unsaturated/α-hetero) is 1. The molecule has 1 atom stereocenters. The summed E-state index contributed by atoms with van der Waals surface area (Å²) >= 11 is 9.19. The molecule has 1 heterocycles. The van der Waals surface area contributed by atoms with Crippen LogP contribution >= 0.6 is 27.5 Å². The smallest absolute Gasteiger partial charge is 0.341 e. The first-order valence-electron chi connectivity index (χ1n) is 10.4. The van der Waals surface area contributed by atoms with Crippen molar-refractivity contribution >= 4 is 39.3 Å². The van der Waals surface area contributed by atoms with Gasteiger partial charge >= 0.3 is 5.97 Å². The van der Waals surface area contributed by atoms with Gasteiger partial charge in [0.25, 0.3) is 0 Å². The molecule has 1 unspecified atom stereocenters. The van der Waals surface area contributed by atoms with Crippen molar-refractivity contribution in [3.05, 3.63) is 75.1 Å². The minimum Gasteiger partial charge on any atom is -0.494 e. The third-order valence-electron chi connectivity index (χ3n) is 5.27. The number of aliphatic hydroxyl groups is 1. The Morgan fingerprint density at radius 3 is 2.49 bits per heavy atom. The fourth-order valence-electron chi connectivity index (χ4n) is 3.32. The highest BCUT2D eigenvalue weighted by Gasteiger charge is 2.27. The number of hydrogen-bond donors (Lipinski definition) is 2. The van der Waals surface area contributed by atoms with Crippen molar-refractivity contribution in [1.82, 2.24) is 4.98 Å². The average molecular weight is 567 g/mol. The summed E-state index contributed by atoms with van der Waals surface area (Å²) in [4.78, 5) is 28.0. The van der Waals surface area contributed by atoms with Crippen LogP contribution in [-0.4, -0.2) is 40.7 Å². The Morgan fingerprint density at radius 1 is 1.14 bits per heavy atom. The average Bonchev–Trinajstić information content (AvgIpc) is 2.83. The minimum atomic E-state index is -1.46. The number of hydrogen-bond acceptors (Lipinski definition) is 6. The topological polar surface area (TPSA) is 106 Å². The van der Waals surface area contributed by atoms with Crippen molar-refractivity contribution < 1.29 is 33.7 Å². The van der Waals surface area contributed by atoms with Gasteiger partial charge in [0, 0.05) is 17.5 Å². The molecule has 0 aliphatic carbocycles. The Hall–Kier alpha value is -3.01. The highest BCUT2D eigenvalue weighted by Crippen LogP contribution is 2.35. The van der Waals surface area contributed by atoms with Crippen LogP contribution in [0.3, 0.4) is 0 Å². The van der Waals surface area contributed by atoms with Gasteiger partial charge in [-0.3, -0.25) is 4.79 Å². The molecule has 10 heteroatoms. The van der Waals surface area contributed by atoms with Crippen LogP contribution < -0.4 is 9.47 Å². The molecule has 0 saturated heterocycles. The molecule has 0 radical (unpaired) electrons. The zero-order chi connectivity index (χ0) is 25.8. The number of carboxylic acid groups (broad SMARTS) is 1. The van der Waals surface area contributed by atoms with Crippen LogP contribution in [0.4, 0.5) is 4.39 Å². The quantitative estimate of drug-likeness (QED) is 0.306. The molecule has 0 bridgehead atoms. The molecule has 3 aromatic rings. The number of carboxylic acids is 1. The Kier molecular flexibility index (Phi) is 8.47. The lowest BCUT2D eigenvalue weighted by Gasteiger charge is -2.24. The summed E-state index contributed by atoms with van der Waals surface area (Å²) in [6, 6.07) is 12.0. The predicted molar refractivity (Wildman–Crippen MR) is 132 cm³/mol. The number of nitrogens with zero attached hydrogens (tertiary/aromatic N) is 1. The van der Waals surface area contributed by atoms with Crippen molar-refractivity contribution in [2.75, 3.05) is 13.7 Å². The van der Waals surface area contributed by atoms with E-state index in [1.807, 2.05) is 0 Å². The molecule has 0 aliphatic rings. The van der Waals surface area contributed by atoms with Crippen LogP contribution in [-0.2, 0) is 10.4 Å². The fourth-order valence-corrected chi connectivity index (χ4v) is 4.00. The van der Waals surface area contributed by atoms with E-state index in [4.69, 9.17) is 26.2 Å². The van der Waals surface area contributed by atoms with E-state index in [0.29, 0.717) is 38.5 Å². The third kappa shape index (κ3) is 6.56. The van der Waals surface area contributed by atoms with Crippen molar-refractivity contribution in [3.8, 4) is 22.8 Å². The van der Waals surface area contributed by atoms with Crippen LogP contribution in [0.5, 0.6) is 11.5 Å². The van der Waals surface area contributed by atoms with E-state index in [9.17, 15) is 19.1 Å². The SMILES string of the molecule is COc1ccc(C(C)(O)CCC(=O)c2ccc(OCC(=O)O)c(Br)c2)nc1-c1ccc(F)c(Cl)c1. The van der Waals surface area contributed by atoms with E-state index in [0.717, 1.165) is 0 Å². The summed E-state index contributed by atoms with van der Waals surface area (Å²) in [6.45, 7) is 1.05. The standard InChI is InChI=1S/C25H22BrClFNO6/c1-25(33,10-9-19(30)14-4-6-20(16(26)11-14)35-13-23(31)32)22-8-7-21(34-2)24(29-22)15-3-5-18(28)17(27)12-15/h3-8,11-12,33H,9-10,13H2,1-2H3,(H,31,32). The number of carbonyl (C=O) groups is 2. The number of carbonyl (C=O) groups excluding carboxylic acids is 1. The highest BCUT2D eigenvalue weighted by molar-refractivity contribution is 9.10. The number of aliphatic carboxylic acids is 1. The van der Waals surface area contributed by atoms with E-state index < -0.39 is 24.0 Å². The Balaban J connectivity index is 1.77. The molecule has 0 fully saturated rings. The number of ether oxygens (including phenoxy) is 2. The van der Waals surface area contributed by atoms with Gasteiger partial charge in [-0.25, -0.2) is 14.2 Å². The van der Waals surface area contributed by atoms with E-state index in [1.165, 1.54) is 43.5 Å². The Bertz CT molecular complexity index is 1270. The van der Waals surface area contributed by atoms with Gasteiger partial charge in [-0.15, -0.1) is 0 Å². The highest BCUT2D eigenvalue weighted by atomic mass is 79.9. The van der Waals surface area contributed by atoms with Gasteiger partial charge in [-0.2, -0.15) is 0 Å². The zero-order valence-electron chi connectivity index (χ0n) is 18.8. The lowest BCUT2D eigenvalue weighted by atomic mass is 9.92. The van der Waals surface area contributed by atoms with Crippen LogP contribution in [0, 0.1) is 5.82 Å². The molecule has 2 N–H and O–H groups in total. The van der Waals surface area contributed by atoms with E-state index >= 15 is 0 Å². The summed E-state index contributed by atoms with van der Waals surface area (Å²) in [5, 5.41) is 19.8. The van der Waals surface area contributed by atoms with Crippen molar-refractivity contribution in [2.45, 2.75) is 25.4 Å². The Labute approximate surface area is 214 Å². The predicted octanol–water partition coefficient (Wildman–Crippen LogP) is 5.65. The maximum atomic E-state index is 13.6. The zero-order valence-corrected chi connectivity index (χ0v) is 21.2. The molecule has 7 nitrogen and oxygen atoms in total. The van der Waals surface area contributed by atoms with Crippen molar-refractivity contribution in [2.24, 2.45) is 0 Å². The summed E-state index contributed by atoms with van der Waals surface area (Å²) < 4.78 is 24.6. The number of aromatic nitrogens is 1. The number of ketones is 1. The second-order valence-corrected chi connectivity index (χ2v) is 9.16. The molecular formula is C25H22BrClFNO6. The minimum absolute atomic E-state index is 0.0141. The van der Waals surface area contributed by atoms with Gasteiger partial charge in [0.2, 0.25) is 0 Å². The molecule has 0 aliphatic heterocycles. The molecule has 35 heavy (non-hydrogen) atoms. The maximum absolute atomic E-state index is 13.6. The van der Waals surface area contributed by atoms with Gasteiger partial charge in [0.1, 0.15) is 28.6 Å². The van der Waals surface area contributed by atoms with Crippen molar-refractivity contribution in [3.63, 3.8) is 0 Å². The number of methoxy groups -OCH3 is 1. The van der Waals surface area contributed by atoms with Gasteiger partial charge in [0.05, 0.1) is 22.3 Å². The summed E-state index contributed by atoms with van der Waals surface area (Å²) in [7, 11) is 1.47. The van der Waals surface area contributed by atoms with E-state index in [-0.39, 0.29) is 23.6 Å². The molecule has 3 rings (SSSR count). The molecule has 2 aromatic carbocycles. The van der Waals surface area contributed by atoms with Crippen LogP contribution in [0.1, 0.15) is 35.8 Å². The Morgan fingerprint density at radius 2 is 1.86 bits per heavy atom. The molecule has 0 saturated carbocycles. The van der Waals surface area contributed by atoms with Crippen molar-refractivity contribution in [1.29, 1.82) is 0 Å².